The van der Waals surface area contributed by atoms with E-state index in [0.717, 1.165) is 0 Å². The number of nitrogen functional groups attached to an aromatic ring is 1. The van der Waals surface area contributed by atoms with Crippen LogP contribution in [0.3, 0.4) is 0 Å². The number of halogens is 1. The highest BCUT2D eigenvalue weighted by atomic mass is 19.1. The van der Waals surface area contributed by atoms with Gasteiger partial charge in [0.05, 0.1) is 23.5 Å². The van der Waals surface area contributed by atoms with E-state index >= 15 is 0 Å². The Labute approximate surface area is 121 Å². The second-order valence-corrected chi connectivity index (χ2v) is 4.65. The molecular formula is C14H14FN5O. The van der Waals surface area contributed by atoms with Gasteiger partial charge in [-0.2, -0.15) is 10.4 Å². The van der Waals surface area contributed by atoms with Crippen LogP contribution >= 0.6 is 0 Å². The minimum Gasteiger partial charge on any atom is -0.396 e. The average molecular weight is 287 g/mol. The van der Waals surface area contributed by atoms with E-state index in [1.165, 1.54) is 41.0 Å². The van der Waals surface area contributed by atoms with E-state index < -0.39 is 5.82 Å². The normalized spacial score (nSPS) is 10.2. The number of hydrogen-bond acceptors (Lipinski definition) is 4. The Balaban J connectivity index is 2.24. The molecule has 2 aromatic rings. The second-order valence-electron chi connectivity index (χ2n) is 4.65. The molecule has 1 aromatic carbocycles. The van der Waals surface area contributed by atoms with Crippen molar-refractivity contribution in [3.63, 3.8) is 0 Å². The molecule has 108 valence electrons. The van der Waals surface area contributed by atoms with E-state index in [0.29, 0.717) is 5.56 Å². The number of nitrogens with zero attached hydrogens (tertiary/aromatic N) is 4. The van der Waals surface area contributed by atoms with E-state index in [9.17, 15) is 9.18 Å². The third-order valence-electron chi connectivity index (χ3n) is 3.10. The van der Waals surface area contributed by atoms with Gasteiger partial charge in [-0.05, 0) is 18.2 Å². The summed E-state index contributed by atoms with van der Waals surface area (Å²) in [6.45, 7) is 0.0325. The molecule has 1 amide bonds. The van der Waals surface area contributed by atoms with Gasteiger partial charge in [0.2, 0.25) is 0 Å². The van der Waals surface area contributed by atoms with E-state index in [-0.39, 0.29) is 29.4 Å². The molecule has 0 bridgehead atoms. The Hall–Kier alpha value is -2.88. The molecule has 0 saturated carbocycles. The van der Waals surface area contributed by atoms with Crippen LogP contribution in [0, 0.1) is 17.1 Å². The molecule has 0 spiro atoms. The summed E-state index contributed by atoms with van der Waals surface area (Å²) in [6.07, 6.45) is 1.39. The molecule has 0 aliphatic rings. The molecule has 0 fully saturated rings. The van der Waals surface area contributed by atoms with Gasteiger partial charge in [-0.15, -0.1) is 0 Å². The van der Waals surface area contributed by atoms with Crippen molar-refractivity contribution in [3.8, 4) is 6.07 Å². The van der Waals surface area contributed by atoms with Crippen molar-refractivity contribution in [3.05, 3.63) is 47.0 Å². The van der Waals surface area contributed by atoms with Crippen molar-refractivity contribution < 1.29 is 9.18 Å². The summed E-state index contributed by atoms with van der Waals surface area (Å²) in [5, 5.41) is 12.7. The highest BCUT2D eigenvalue weighted by molar-refractivity contribution is 5.97. The highest BCUT2D eigenvalue weighted by Gasteiger charge is 2.20. The number of benzene rings is 1. The number of aromatic nitrogens is 2. The van der Waals surface area contributed by atoms with Gasteiger partial charge < -0.3 is 10.6 Å². The Morgan fingerprint density at radius 3 is 2.86 bits per heavy atom. The van der Waals surface area contributed by atoms with E-state index in [4.69, 9.17) is 11.0 Å². The number of nitriles is 1. The molecule has 7 heteroatoms. The third-order valence-corrected chi connectivity index (χ3v) is 3.10. The van der Waals surface area contributed by atoms with Gasteiger partial charge in [-0.3, -0.25) is 9.48 Å². The zero-order valence-electron chi connectivity index (χ0n) is 11.7. The van der Waals surface area contributed by atoms with Crippen molar-refractivity contribution in [1.82, 2.24) is 14.7 Å². The first-order valence-electron chi connectivity index (χ1n) is 6.15. The number of hydrogen-bond donors (Lipinski definition) is 1. The maximum absolute atomic E-state index is 13.7. The van der Waals surface area contributed by atoms with Crippen LogP contribution in [0.1, 0.15) is 21.6 Å². The smallest absolute Gasteiger partial charge is 0.274 e. The first kappa shape index (κ1) is 14.5. The van der Waals surface area contributed by atoms with Gasteiger partial charge in [0.1, 0.15) is 11.5 Å². The third kappa shape index (κ3) is 2.84. The number of carbonyl (C=O) groups excluding carboxylic acids is 1. The largest absolute Gasteiger partial charge is 0.396 e. The minimum absolute atomic E-state index is 0.0325. The molecule has 0 radical (unpaired) electrons. The number of amides is 1. The SMILES string of the molecule is CN(Cc1cc(C#N)ccc1F)C(=O)c1c(N)cnn1C. The zero-order chi connectivity index (χ0) is 15.6. The summed E-state index contributed by atoms with van der Waals surface area (Å²) >= 11 is 0. The molecule has 21 heavy (non-hydrogen) atoms. The summed E-state index contributed by atoms with van der Waals surface area (Å²) < 4.78 is 15.1. The summed E-state index contributed by atoms with van der Waals surface area (Å²) in [5.74, 6) is -0.833. The lowest BCUT2D eigenvalue weighted by Crippen LogP contribution is -2.29. The molecule has 0 atom stereocenters. The lowest BCUT2D eigenvalue weighted by atomic mass is 10.1. The van der Waals surface area contributed by atoms with E-state index in [1.807, 2.05) is 6.07 Å². The molecule has 1 heterocycles. The van der Waals surface area contributed by atoms with E-state index in [2.05, 4.69) is 5.10 Å². The number of aryl methyl sites for hydroxylation is 1. The van der Waals surface area contributed by atoms with Crippen LogP contribution in [-0.2, 0) is 13.6 Å². The van der Waals surface area contributed by atoms with Crippen molar-refractivity contribution in [2.45, 2.75) is 6.54 Å². The Bertz CT molecular complexity index is 712. The van der Waals surface area contributed by atoms with Crippen LogP contribution in [0.15, 0.2) is 24.4 Å². The molecule has 2 rings (SSSR count). The van der Waals surface area contributed by atoms with Gasteiger partial charge in [0, 0.05) is 26.2 Å². The highest BCUT2D eigenvalue weighted by Crippen LogP contribution is 2.16. The molecule has 0 aliphatic heterocycles. The fraction of sp³-hybridized carbons (Fsp3) is 0.214. The molecular weight excluding hydrogens is 273 g/mol. The predicted molar refractivity (Wildman–Crippen MR) is 74.5 cm³/mol. The van der Waals surface area contributed by atoms with Gasteiger partial charge in [-0.1, -0.05) is 0 Å². The van der Waals surface area contributed by atoms with Crippen LogP contribution in [0.5, 0.6) is 0 Å². The van der Waals surface area contributed by atoms with Crippen LogP contribution < -0.4 is 5.73 Å². The number of carbonyl (C=O) groups is 1. The van der Waals surface area contributed by atoms with Gasteiger partial charge in [0.25, 0.3) is 5.91 Å². The molecule has 1 aromatic heterocycles. The number of nitrogens with two attached hydrogens (primary N) is 1. The summed E-state index contributed by atoms with van der Waals surface area (Å²) in [5.41, 5.74) is 6.82. The van der Waals surface area contributed by atoms with Crippen molar-refractivity contribution in [2.24, 2.45) is 7.05 Å². The molecule has 6 nitrogen and oxygen atoms in total. The van der Waals surface area contributed by atoms with Crippen molar-refractivity contribution >= 4 is 11.6 Å². The van der Waals surface area contributed by atoms with Crippen LogP contribution in [-0.4, -0.2) is 27.6 Å². The van der Waals surface area contributed by atoms with Crippen LogP contribution in [0.4, 0.5) is 10.1 Å². The molecule has 2 N–H and O–H groups in total. The first-order valence-corrected chi connectivity index (χ1v) is 6.15. The summed E-state index contributed by atoms with van der Waals surface area (Å²) in [6, 6.07) is 5.96. The Morgan fingerprint density at radius 1 is 1.57 bits per heavy atom. The lowest BCUT2D eigenvalue weighted by Gasteiger charge is -2.18. The van der Waals surface area contributed by atoms with Gasteiger partial charge in [-0.25, -0.2) is 4.39 Å². The number of anilines is 1. The van der Waals surface area contributed by atoms with Gasteiger partial charge in [0.15, 0.2) is 0 Å². The second kappa shape index (κ2) is 5.63. The Morgan fingerprint density at radius 2 is 2.29 bits per heavy atom. The monoisotopic (exact) mass is 287 g/mol. The minimum atomic E-state index is -0.466. The predicted octanol–water partition coefficient (Wildman–Crippen LogP) is 1.29. The van der Waals surface area contributed by atoms with Crippen molar-refractivity contribution in [2.75, 3.05) is 12.8 Å². The zero-order valence-corrected chi connectivity index (χ0v) is 11.7. The topological polar surface area (TPSA) is 87.9 Å². The standard InChI is InChI=1S/C14H14FN5O/c1-19(14(21)13-12(17)7-18-20(13)2)8-10-5-9(6-16)3-4-11(10)15/h3-5,7H,8,17H2,1-2H3. The Kier molecular flexibility index (Phi) is 3.89. The fourth-order valence-corrected chi connectivity index (χ4v) is 1.99. The van der Waals surface area contributed by atoms with E-state index in [1.54, 1.807) is 7.05 Å². The first-order chi connectivity index (χ1) is 9.93. The maximum Gasteiger partial charge on any atom is 0.274 e. The van der Waals surface area contributed by atoms with Gasteiger partial charge >= 0.3 is 0 Å². The number of rotatable bonds is 3. The molecule has 0 aliphatic carbocycles. The summed E-state index contributed by atoms with van der Waals surface area (Å²) in [7, 11) is 3.14. The average Bonchev–Trinajstić information content (AvgIpc) is 2.79. The van der Waals surface area contributed by atoms with Crippen molar-refractivity contribution in [1.29, 1.82) is 5.26 Å². The molecule has 0 saturated heterocycles. The molecule has 0 unspecified atom stereocenters. The van der Waals surface area contributed by atoms with Crippen LogP contribution in [0.25, 0.3) is 0 Å². The maximum atomic E-state index is 13.7. The summed E-state index contributed by atoms with van der Waals surface area (Å²) in [4.78, 5) is 13.6. The van der Waals surface area contributed by atoms with Crippen LogP contribution in [0.2, 0.25) is 0 Å². The lowest BCUT2D eigenvalue weighted by molar-refractivity contribution is 0.0774. The quantitative estimate of drug-likeness (QED) is 0.921. The fourth-order valence-electron chi connectivity index (χ4n) is 1.99.